The van der Waals surface area contributed by atoms with E-state index < -0.39 is 10.0 Å². The molecule has 0 spiro atoms. The van der Waals surface area contributed by atoms with Crippen LogP contribution in [-0.2, 0) is 10.0 Å². The van der Waals surface area contributed by atoms with Crippen LogP contribution >= 0.6 is 11.6 Å². The largest absolute Gasteiger partial charge is 0.339 e. The number of halogens is 1. The Morgan fingerprint density at radius 3 is 2.21 bits per heavy atom. The van der Waals surface area contributed by atoms with Gasteiger partial charge in [0.1, 0.15) is 0 Å². The van der Waals surface area contributed by atoms with Crippen molar-refractivity contribution < 1.29 is 8.42 Å². The number of sulfonamides is 1. The van der Waals surface area contributed by atoms with E-state index in [9.17, 15) is 8.42 Å². The summed E-state index contributed by atoms with van der Waals surface area (Å²) < 4.78 is 29.0. The highest BCUT2D eigenvalue weighted by atomic mass is 35.5. The number of nitrogens with one attached hydrogen (secondary N) is 2. The van der Waals surface area contributed by atoms with Crippen molar-refractivity contribution in [3.05, 3.63) is 84.1 Å². The Hall–Kier alpha value is -3.43. The summed E-state index contributed by atoms with van der Waals surface area (Å²) in [6, 6.07) is 18.1. The van der Waals surface area contributed by atoms with Crippen LogP contribution in [0.25, 0.3) is 5.82 Å². The predicted molar refractivity (Wildman–Crippen MR) is 111 cm³/mol. The fourth-order valence-corrected chi connectivity index (χ4v) is 3.70. The summed E-state index contributed by atoms with van der Waals surface area (Å²) in [6.45, 7) is 0. The first-order valence-electron chi connectivity index (χ1n) is 8.49. The van der Waals surface area contributed by atoms with Crippen molar-refractivity contribution in [2.24, 2.45) is 0 Å². The van der Waals surface area contributed by atoms with Gasteiger partial charge in [-0.15, -0.1) is 10.2 Å². The van der Waals surface area contributed by atoms with Crippen molar-refractivity contribution in [3.63, 3.8) is 0 Å². The van der Waals surface area contributed by atoms with Gasteiger partial charge in [0.05, 0.1) is 4.90 Å². The highest BCUT2D eigenvalue weighted by molar-refractivity contribution is 7.92. The summed E-state index contributed by atoms with van der Waals surface area (Å²) in [5.41, 5.74) is 1.17. The Bertz CT molecular complexity index is 1190. The van der Waals surface area contributed by atoms with Gasteiger partial charge in [-0.2, -0.15) is 5.10 Å². The lowest BCUT2D eigenvalue weighted by molar-refractivity contribution is 0.601. The zero-order valence-corrected chi connectivity index (χ0v) is 16.5. The molecule has 29 heavy (non-hydrogen) atoms. The molecular weight excluding hydrogens is 412 g/mol. The highest BCUT2D eigenvalue weighted by Crippen LogP contribution is 2.21. The number of hydrogen-bond acceptors (Lipinski definition) is 6. The van der Waals surface area contributed by atoms with E-state index in [1.807, 2.05) is 0 Å². The monoisotopic (exact) mass is 426 g/mol. The van der Waals surface area contributed by atoms with Crippen LogP contribution in [0.2, 0.25) is 5.02 Å². The molecule has 0 saturated heterocycles. The fraction of sp³-hybridized carbons (Fsp3) is 0. The molecule has 4 aromatic rings. The highest BCUT2D eigenvalue weighted by Gasteiger charge is 2.13. The van der Waals surface area contributed by atoms with E-state index in [0.29, 0.717) is 22.3 Å². The van der Waals surface area contributed by atoms with Crippen LogP contribution in [0.1, 0.15) is 0 Å². The summed E-state index contributed by atoms with van der Waals surface area (Å²) in [7, 11) is -3.69. The van der Waals surface area contributed by atoms with Crippen molar-refractivity contribution in [2.75, 3.05) is 10.0 Å². The molecule has 10 heteroatoms. The van der Waals surface area contributed by atoms with E-state index in [4.69, 9.17) is 11.6 Å². The molecule has 0 aliphatic rings. The number of rotatable bonds is 6. The third kappa shape index (κ3) is 4.53. The van der Waals surface area contributed by atoms with Crippen LogP contribution in [-0.4, -0.2) is 28.4 Å². The average Bonchev–Trinajstić information content (AvgIpc) is 3.25. The summed E-state index contributed by atoms with van der Waals surface area (Å²) >= 11 is 5.80. The summed E-state index contributed by atoms with van der Waals surface area (Å²) in [5.74, 6) is 1.16. The molecule has 8 nitrogen and oxygen atoms in total. The molecule has 0 amide bonds. The Balaban J connectivity index is 1.43. The van der Waals surface area contributed by atoms with Crippen LogP contribution < -0.4 is 10.0 Å². The fourth-order valence-electron chi connectivity index (χ4n) is 2.52. The lowest BCUT2D eigenvalue weighted by atomic mass is 10.3. The first-order chi connectivity index (χ1) is 14.0. The average molecular weight is 427 g/mol. The Kier molecular flexibility index (Phi) is 5.15. The summed E-state index contributed by atoms with van der Waals surface area (Å²) in [4.78, 5) is 0.136. The molecular formula is C19H15ClN6O2S. The van der Waals surface area contributed by atoms with Gasteiger partial charge in [-0.3, -0.25) is 4.72 Å². The Labute approximate surface area is 172 Å². The SMILES string of the molecule is O=S(=O)(Nc1ccc(Nc2ccc(-n3cccn3)nn2)cc1)c1ccc(Cl)cc1. The zero-order valence-electron chi connectivity index (χ0n) is 14.9. The second kappa shape index (κ2) is 7.90. The molecule has 0 atom stereocenters. The number of hydrogen-bond donors (Lipinski definition) is 2. The second-order valence-electron chi connectivity index (χ2n) is 5.99. The molecule has 2 aromatic heterocycles. The van der Waals surface area contributed by atoms with E-state index >= 15 is 0 Å². The molecule has 4 rings (SSSR count). The third-order valence-corrected chi connectivity index (χ3v) is 5.57. The number of benzene rings is 2. The molecule has 0 radical (unpaired) electrons. The molecule has 0 fully saturated rings. The van der Waals surface area contributed by atoms with Crippen molar-refractivity contribution in [3.8, 4) is 5.82 Å². The van der Waals surface area contributed by atoms with Crippen LogP contribution in [0.5, 0.6) is 0 Å². The lowest BCUT2D eigenvalue weighted by Crippen LogP contribution is -2.12. The van der Waals surface area contributed by atoms with Crippen LogP contribution in [0, 0.1) is 0 Å². The summed E-state index contributed by atoms with van der Waals surface area (Å²) in [5, 5.41) is 15.9. The molecule has 0 bridgehead atoms. The van der Waals surface area contributed by atoms with Gasteiger partial charge >= 0.3 is 0 Å². The topological polar surface area (TPSA) is 102 Å². The van der Waals surface area contributed by atoms with Crippen LogP contribution in [0.4, 0.5) is 17.2 Å². The van der Waals surface area contributed by atoms with Gasteiger partial charge in [0.2, 0.25) is 0 Å². The van der Waals surface area contributed by atoms with Gasteiger partial charge in [0.15, 0.2) is 11.6 Å². The molecule has 2 aromatic carbocycles. The molecule has 0 aliphatic heterocycles. The Morgan fingerprint density at radius 1 is 0.862 bits per heavy atom. The van der Waals surface area contributed by atoms with Crippen molar-refractivity contribution in [2.45, 2.75) is 4.90 Å². The maximum atomic E-state index is 12.4. The van der Waals surface area contributed by atoms with E-state index in [-0.39, 0.29) is 4.90 Å². The van der Waals surface area contributed by atoms with Crippen LogP contribution in [0.3, 0.4) is 0 Å². The van der Waals surface area contributed by atoms with E-state index in [1.165, 1.54) is 24.3 Å². The number of nitrogens with zero attached hydrogens (tertiary/aromatic N) is 4. The lowest BCUT2D eigenvalue weighted by Gasteiger charge is -2.10. The van der Waals surface area contributed by atoms with Gasteiger partial charge in [0.25, 0.3) is 10.0 Å². The van der Waals surface area contributed by atoms with Crippen molar-refractivity contribution in [1.82, 2.24) is 20.0 Å². The van der Waals surface area contributed by atoms with Gasteiger partial charge < -0.3 is 5.32 Å². The molecule has 146 valence electrons. The van der Waals surface area contributed by atoms with Crippen molar-refractivity contribution >= 4 is 38.8 Å². The smallest absolute Gasteiger partial charge is 0.261 e. The van der Waals surface area contributed by atoms with E-state index in [0.717, 1.165) is 5.69 Å². The molecule has 2 heterocycles. The van der Waals surface area contributed by atoms with Crippen molar-refractivity contribution in [1.29, 1.82) is 0 Å². The number of anilines is 3. The van der Waals surface area contributed by atoms with Gasteiger partial charge in [-0.1, -0.05) is 11.6 Å². The third-order valence-electron chi connectivity index (χ3n) is 3.92. The quantitative estimate of drug-likeness (QED) is 0.485. The maximum Gasteiger partial charge on any atom is 0.261 e. The standard InChI is InChI=1S/C19H15ClN6O2S/c20-14-2-8-17(9-3-14)29(27,28)25-16-6-4-15(5-7-16)22-18-10-11-19(24-23-18)26-13-1-12-21-26/h1-13,25H,(H,22,23). The minimum absolute atomic E-state index is 0.136. The van der Waals surface area contributed by atoms with Gasteiger partial charge in [-0.25, -0.2) is 13.1 Å². The van der Waals surface area contributed by atoms with Crippen LogP contribution in [0.15, 0.2) is 84.0 Å². The summed E-state index contributed by atoms with van der Waals surface area (Å²) in [6.07, 6.45) is 3.44. The molecule has 0 unspecified atom stereocenters. The normalized spacial score (nSPS) is 11.2. The minimum atomic E-state index is -3.69. The molecule has 0 aliphatic carbocycles. The number of aromatic nitrogens is 4. The molecule has 0 saturated carbocycles. The second-order valence-corrected chi connectivity index (χ2v) is 8.11. The van der Waals surface area contributed by atoms with Gasteiger partial charge in [-0.05, 0) is 66.7 Å². The minimum Gasteiger partial charge on any atom is -0.339 e. The maximum absolute atomic E-state index is 12.4. The Morgan fingerprint density at radius 2 is 1.59 bits per heavy atom. The first-order valence-corrected chi connectivity index (χ1v) is 10.3. The molecule has 2 N–H and O–H groups in total. The van der Waals surface area contributed by atoms with E-state index in [1.54, 1.807) is 59.5 Å². The van der Waals surface area contributed by atoms with Gasteiger partial charge in [0, 0.05) is 28.8 Å². The zero-order chi connectivity index (χ0) is 20.3. The first kappa shape index (κ1) is 18.9. The van der Waals surface area contributed by atoms with E-state index in [2.05, 4.69) is 25.3 Å². The predicted octanol–water partition coefficient (Wildman–Crippen LogP) is 3.86.